The highest BCUT2D eigenvalue weighted by Gasteiger charge is 2.50. The molecule has 1 saturated carbocycles. The van der Waals surface area contributed by atoms with E-state index in [1.165, 1.54) is 11.0 Å². The maximum absolute atomic E-state index is 12.5. The van der Waals surface area contributed by atoms with Crippen LogP contribution in [0.15, 0.2) is 18.3 Å². The Bertz CT molecular complexity index is 614. The van der Waals surface area contributed by atoms with E-state index in [1.807, 2.05) is 6.92 Å². The SMILES string of the molecule is CC1(Oc2ccc(C(F)(F)F)cn2)CCC2(CC1)CN(C(=O)O)C2. The van der Waals surface area contributed by atoms with E-state index < -0.39 is 23.4 Å². The van der Waals surface area contributed by atoms with Gasteiger partial charge < -0.3 is 14.7 Å². The van der Waals surface area contributed by atoms with Crippen LogP contribution >= 0.6 is 0 Å². The van der Waals surface area contributed by atoms with Gasteiger partial charge in [0.25, 0.3) is 0 Å². The third-order valence-corrected chi connectivity index (χ3v) is 5.11. The number of carbonyl (C=O) groups is 1. The molecule has 1 aromatic rings. The van der Waals surface area contributed by atoms with Crippen LogP contribution in [0.1, 0.15) is 38.2 Å². The number of ether oxygens (including phenoxy) is 1. The van der Waals surface area contributed by atoms with Crippen LogP contribution in [-0.2, 0) is 6.18 Å². The molecule has 0 unspecified atom stereocenters. The second kappa shape index (κ2) is 5.53. The molecule has 8 heteroatoms. The van der Waals surface area contributed by atoms with Crippen molar-refractivity contribution < 1.29 is 27.8 Å². The standard InChI is InChI=1S/C16H19F3N2O3/c1-14(24-12-3-2-11(8-20-12)16(17,18)19)4-6-15(7-5-14)9-21(10-15)13(22)23/h2-3,8H,4-7,9-10H2,1H3,(H,22,23). The summed E-state index contributed by atoms with van der Waals surface area (Å²) in [6.45, 7) is 3.03. The Hall–Kier alpha value is -1.99. The van der Waals surface area contributed by atoms with Crippen LogP contribution in [0.5, 0.6) is 5.88 Å². The van der Waals surface area contributed by atoms with Crippen LogP contribution in [0.4, 0.5) is 18.0 Å². The molecule has 3 rings (SSSR count). The van der Waals surface area contributed by atoms with Gasteiger partial charge in [0.1, 0.15) is 5.60 Å². The van der Waals surface area contributed by atoms with E-state index in [1.54, 1.807) is 0 Å². The second-order valence-corrected chi connectivity index (χ2v) is 7.07. The Kier molecular flexibility index (Phi) is 3.88. The molecule has 1 aromatic heterocycles. The lowest BCUT2D eigenvalue weighted by Crippen LogP contribution is -2.60. The third-order valence-electron chi connectivity index (χ3n) is 5.11. The molecule has 0 aromatic carbocycles. The van der Waals surface area contributed by atoms with Crippen molar-refractivity contribution in [2.24, 2.45) is 5.41 Å². The van der Waals surface area contributed by atoms with Gasteiger partial charge in [-0.15, -0.1) is 0 Å². The van der Waals surface area contributed by atoms with Crippen molar-refractivity contribution in [3.63, 3.8) is 0 Å². The summed E-state index contributed by atoms with van der Waals surface area (Å²) < 4.78 is 43.5. The van der Waals surface area contributed by atoms with Gasteiger partial charge in [0, 0.05) is 30.8 Å². The first-order valence-electron chi connectivity index (χ1n) is 7.81. The summed E-state index contributed by atoms with van der Waals surface area (Å²) in [5, 5.41) is 8.94. The van der Waals surface area contributed by atoms with Crippen molar-refractivity contribution in [1.82, 2.24) is 9.88 Å². The van der Waals surface area contributed by atoms with Gasteiger partial charge in [-0.1, -0.05) is 0 Å². The van der Waals surface area contributed by atoms with E-state index >= 15 is 0 Å². The van der Waals surface area contributed by atoms with Crippen molar-refractivity contribution in [1.29, 1.82) is 0 Å². The third kappa shape index (κ3) is 3.27. The first kappa shape index (κ1) is 16.9. The molecule has 132 valence electrons. The molecule has 1 N–H and O–H groups in total. The van der Waals surface area contributed by atoms with E-state index in [4.69, 9.17) is 9.84 Å². The largest absolute Gasteiger partial charge is 0.471 e. The maximum atomic E-state index is 12.5. The van der Waals surface area contributed by atoms with Crippen molar-refractivity contribution in [3.8, 4) is 5.88 Å². The first-order chi connectivity index (χ1) is 11.1. The van der Waals surface area contributed by atoms with Crippen LogP contribution < -0.4 is 4.74 Å². The minimum absolute atomic E-state index is 0.0365. The van der Waals surface area contributed by atoms with Gasteiger partial charge in [0.2, 0.25) is 5.88 Å². The van der Waals surface area contributed by atoms with Gasteiger partial charge in [-0.05, 0) is 38.7 Å². The smallest absolute Gasteiger partial charge is 0.417 e. The van der Waals surface area contributed by atoms with Crippen molar-refractivity contribution in [2.45, 2.75) is 44.4 Å². The molecule has 1 aliphatic carbocycles. The number of likely N-dealkylation sites (tertiary alicyclic amines) is 1. The molecule has 5 nitrogen and oxygen atoms in total. The number of halogens is 3. The predicted molar refractivity (Wildman–Crippen MR) is 78.8 cm³/mol. The summed E-state index contributed by atoms with van der Waals surface area (Å²) in [6, 6.07) is 2.21. The lowest BCUT2D eigenvalue weighted by Gasteiger charge is -2.54. The molecule has 1 aliphatic heterocycles. The van der Waals surface area contributed by atoms with E-state index in [2.05, 4.69) is 4.98 Å². The molecular weight excluding hydrogens is 325 g/mol. The summed E-state index contributed by atoms with van der Waals surface area (Å²) in [6.07, 6.45) is -1.39. The number of aromatic nitrogens is 1. The molecule has 1 spiro atoms. The topological polar surface area (TPSA) is 62.7 Å². The highest BCUT2D eigenvalue weighted by atomic mass is 19.4. The molecule has 0 atom stereocenters. The Labute approximate surface area is 137 Å². The molecule has 2 fully saturated rings. The number of pyridine rings is 1. The lowest BCUT2D eigenvalue weighted by atomic mass is 9.65. The van der Waals surface area contributed by atoms with Gasteiger partial charge in [-0.2, -0.15) is 13.2 Å². The fourth-order valence-corrected chi connectivity index (χ4v) is 3.49. The Morgan fingerprint density at radius 3 is 2.33 bits per heavy atom. The number of hydrogen-bond donors (Lipinski definition) is 1. The fourth-order valence-electron chi connectivity index (χ4n) is 3.49. The minimum Gasteiger partial charge on any atom is -0.471 e. The number of alkyl halides is 3. The number of amides is 1. The predicted octanol–water partition coefficient (Wildman–Crippen LogP) is 3.79. The quantitative estimate of drug-likeness (QED) is 0.887. The highest BCUT2D eigenvalue weighted by Crippen LogP contribution is 2.47. The molecule has 1 amide bonds. The van der Waals surface area contributed by atoms with Crippen LogP contribution in [0.25, 0.3) is 0 Å². The zero-order chi connectivity index (χ0) is 17.6. The summed E-state index contributed by atoms with van der Waals surface area (Å²) in [5.41, 5.74) is -1.25. The zero-order valence-electron chi connectivity index (χ0n) is 13.3. The second-order valence-electron chi connectivity index (χ2n) is 7.07. The highest BCUT2D eigenvalue weighted by molar-refractivity contribution is 5.66. The number of hydrogen-bond acceptors (Lipinski definition) is 3. The number of nitrogens with zero attached hydrogens (tertiary/aromatic N) is 2. The normalized spacial score (nSPS) is 22.1. The average molecular weight is 344 g/mol. The molecule has 2 heterocycles. The van der Waals surface area contributed by atoms with Gasteiger partial charge in [-0.3, -0.25) is 0 Å². The van der Waals surface area contributed by atoms with Gasteiger partial charge in [0.15, 0.2) is 0 Å². The number of rotatable bonds is 2. The van der Waals surface area contributed by atoms with E-state index in [0.29, 0.717) is 13.1 Å². The van der Waals surface area contributed by atoms with E-state index in [0.717, 1.165) is 37.9 Å². The maximum Gasteiger partial charge on any atom is 0.417 e. The first-order valence-corrected chi connectivity index (χ1v) is 7.81. The Morgan fingerprint density at radius 2 is 1.88 bits per heavy atom. The van der Waals surface area contributed by atoms with E-state index in [9.17, 15) is 18.0 Å². The van der Waals surface area contributed by atoms with Crippen molar-refractivity contribution >= 4 is 6.09 Å². The molecular formula is C16H19F3N2O3. The van der Waals surface area contributed by atoms with Gasteiger partial charge in [-0.25, -0.2) is 9.78 Å². The molecule has 0 bridgehead atoms. The fraction of sp³-hybridized carbons (Fsp3) is 0.625. The summed E-state index contributed by atoms with van der Waals surface area (Å²) in [5.74, 6) is 0.183. The molecule has 1 saturated heterocycles. The molecule has 2 aliphatic rings. The molecule has 0 radical (unpaired) electrons. The van der Waals surface area contributed by atoms with Crippen molar-refractivity contribution in [3.05, 3.63) is 23.9 Å². The summed E-state index contributed by atoms with van der Waals surface area (Å²) in [4.78, 5) is 16.1. The number of carboxylic acid groups (broad SMARTS) is 1. The van der Waals surface area contributed by atoms with E-state index in [-0.39, 0.29) is 11.3 Å². The molecule has 24 heavy (non-hydrogen) atoms. The van der Waals surface area contributed by atoms with Crippen LogP contribution in [0.3, 0.4) is 0 Å². The van der Waals surface area contributed by atoms with Crippen LogP contribution in [0, 0.1) is 5.41 Å². The van der Waals surface area contributed by atoms with Crippen LogP contribution in [-0.4, -0.2) is 39.8 Å². The minimum atomic E-state index is -4.41. The van der Waals surface area contributed by atoms with Crippen LogP contribution in [0.2, 0.25) is 0 Å². The van der Waals surface area contributed by atoms with Gasteiger partial charge >= 0.3 is 12.3 Å². The monoisotopic (exact) mass is 344 g/mol. The Morgan fingerprint density at radius 1 is 1.25 bits per heavy atom. The summed E-state index contributed by atoms with van der Waals surface area (Å²) >= 11 is 0. The summed E-state index contributed by atoms with van der Waals surface area (Å²) in [7, 11) is 0. The van der Waals surface area contributed by atoms with Gasteiger partial charge in [0.05, 0.1) is 5.56 Å². The average Bonchev–Trinajstić information content (AvgIpc) is 2.45. The van der Waals surface area contributed by atoms with Crippen molar-refractivity contribution in [2.75, 3.05) is 13.1 Å². The zero-order valence-corrected chi connectivity index (χ0v) is 13.3. The lowest BCUT2D eigenvalue weighted by molar-refractivity contribution is -0.137. The Balaban J connectivity index is 1.58.